The first-order valence-electron chi connectivity index (χ1n) is 18.2. The molecule has 15 heteroatoms. The molecule has 2 aliphatic heterocycles. The van der Waals surface area contributed by atoms with E-state index in [9.17, 15) is 13.9 Å². The SMILES string of the molecule is COP(=O)(CCC(CCP(=O)(OC)OC)c1c2nc(cc3ccc([nH]3)c(-c3ccc(OCC(=O)OC(C)(C)C)cc3)c3nc(cc4ccc1[nH]4)C=C3)C=C2)OC. The number of nitrogens with one attached hydrogen (secondary N) is 2. The van der Waals surface area contributed by atoms with Gasteiger partial charge in [0.1, 0.15) is 11.4 Å². The number of aromatic amines is 2. The molecule has 0 atom stereocenters. The molecule has 5 heterocycles. The molecule has 0 aliphatic carbocycles. The summed E-state index contributed by atoms with van der Waals surface area (Å²) >= 11 is 0. The Morgan fingerprint density at radius 2 is 1.21 bits per heavy atom. The zero-order valence-corrected chi connectivity index (χ0v) is 34.4. The molecule has 56 heavy (non-hydrogen) atoms. The number of H-pyrrole nitrogens is 2. The van der Waals surface area contributed by atoms with E-state index in [-0.39, 0.29) is 24.8 Å². The number of benzene rings is 1. The largest absolute Gasteiger partial charge is 0.482 e. The number of ether oxygens (including phenoxy) is 2. The van der Waals surface area contributed by atoms with Crippen LogP contribution in [0.15, 0.2) is 60.7 Å². The van der Waals surface area contributed by atoms with E-state index in [1.165, 1.54) is 28.4 Å². The maximum absolute atomic E-state index is 13.3. The highest BCUT2D eigenvalue weighted by molar-refractivity contribution is 7.54. The monoisotopic (exact) mass is 802 g/mol. The van der Waals surface area contributed by atoms with Gasteiger partial charge < -0.3 is 37.5 Å². The van der Waals surface area contributed by atoms with Gasteiger partial charge in [-0.05, 0) is 118 Å². The summed E-state index contributed by atoms with van der Waals surface area (Å²) in [5.41, 5.74) is 8.23. The summed E-state index contributed by atoms with van der Waals surface area (Å²) in [5.74, 6) is -0.202. The second-order valence-electron chi connectivity index (χ2n) is 14.3. The van der Waals surface area contributed by atoms with Crippen LogP contribution in [0.2, 0.25) is 0 Å². The molecule has 2 N–H and O–H groups in total. The highest BCUT2D eigenvalue weighted by atomic mass is 31.2. The molecular weight excluding hydrogens is 754 g/mol. The van der Waals surface area contributed by atoms with E-state index in [1.807, 2.05) is 106 Å². The van der Waals surface area contributed by atoms with E-state index >= 15 is 0 Å². The molecular formula is C41H48N4O9P2. The van der Waals surface area contributed by atoms with Crippen LogP contribution in [0.1, 0.15) is 67.9 Å². The molecule has 3 aromatic heterocycles. The number of fused-ring (bicyclic) bond motifs is 8. The van der Waals surface area contributed by atoms with Gasteiger partial charge in [-0.3, -0.25) is 9.13 Å². The van der Waals surface area contributed by atoms with Crippen LogP contribution in [0.4, 0.5) is 0 Å². The van der Waals surface area contributed by atoms with E-state index in [4.69, 9.17) is 37.5 Å². The first-order valence-corrected chi connectivity index (χ1v) is 21.6. The fourth-order valence-corrected chi connectivity index (χ4v) is 8.92. The van der Waals surface area contributed by atoms with E-state index in [0.29, 0.717) is 24.3 Å². The molecule has 0 saturated carbocycles. The maximum atomic E-state index is 13.3. The second kappa shape index (κ2) is 17.3. The Morgan fingerprint density at radius 3 is 1.77 bits per heavy atom. The molecule has 0 fully saturated rings. The van der Waals surface area contributed by atoms with Gasteiger partial charge in [-0.25, -0.2) is 14.8 Å². The average Bonchev–Trinajstić information content (AvgIpc) is 4.02. The van der Waals surface area contributed by atoms with Gasteiger partial charge in [0.05, 0.1) is 35.1 Å². The third kappa shape index (κ3) is 10.0. The number of hydrogen-bond donors (Lipinski definition) is 2. The van der Waals surface area contributed by atoms with E-state index in [0.717, 1.165) is 55.8 Å². The number of esters is 1. The maximum Gasteiger partial charge on any atom is 0.344 e. The standard InChI is InChI=1S/C41H48N4O9P2/c1-41(2,3)54-38(46)26-53-33-14-8-27(9-15-33)39-34-16-10-29(42-34)24-31-12-18-36(44-31)40(37-19-13-32(45-37)25-30-11-17-35(39)43-30)28(20-22-55(47,49-4)50-5)21-23-56(48,51-6)52-7/h8-19,24-25,28,42,45H,20-23,26H2,1-7H3. The van der Waals surface area contributed by atoms with Crippen molar-refractivity contribution in [3.8, 4) is 16.9 Å². The van der Waals surface area contributed by atoms with Crippen molar-refractivity contribution in [1.29, 1.82) is 0 Å². The summed E-state index contributed by atoms with van der Waals surface area (Å²) in [6.07, 6.45) is 8.86. The van der Waals surface area contributed by atoms with Crippen molar-refractivity contribution >= 4 is 67.5 Å². The van der Waals surface area contributed by atoms with Crippen LogP contribution in [0, 0.1) is 0 Å². The Bertz CT molecular complexity index is 2350. The smallest absolute Gasteiger partial charge is 0.344 e. The minimum absolute atomic E-state index is 0.129. The van der Waals surface area contributed by atoms with Crippen molar-refractivity contribution in [2.75, 3.05) is 47.4 Å². The van der Waals surface area contributed by atoms with Crippen molar-refractivity contribution in [2.24, 2.45) is 0 Å². The molecule has 6 rings (SSSR count). The summed E-state index contributed by atoms with van der Waals surface area (Å²) in [7, 11) is -1.27. The molecule has 0 unspecified atom stereocenters. The summed E-state index contributed by atoms with van der Waals surface area (Å²) in [6, 6.07) is 19.4. The lowest BCUT2D eigenvalue weighted by Gasteiger charge is -2.22. The predicted molar refractivity (Wildman–Crippen MR) is 221 cm³/mol. The van der Waals surface area contributed by atoms with E-state index in [2.05, 4.69) is 9.97 Å². The topological polar surface area (TPSA) is 164 Å². The van der Waals surface area contributed by atoms with Crippen molar-refractivity contribution in [3.63, 3.8) is 0 Å². The van der Waals surface area contributed by atoms with Gasteiger partial charge in [-0.2, -0.15) is 0 Å². The van der Waals surface area contributed by atoms with Crippen molar-refractivity contribution in [2.45, 2.75) is 45.1 Å². The lowest BCUT2D eigenvalue weighted by atomic mass is 9.92. The average molecular weight is 803 g/mol. The molecule has 4 aromatic rings. The Labute approximate surface area is 326 Å². The van der Waals surface area contributed by atoms with Crippen LogP contribution in [0.3, 0.4) is 0 Å². The van der Waals surface area contributed by atoms with Crippen molar-refractivity contribution in [3.05, 3.63) is 89.0 Å². The number of nitrogens with zero attached hydrogens (tertiary/aromatic N) is 2. The van der Waals surface area contributed by atoms with Gasteiger partial charge in [0, 0.05) is 61.6 Å². The van der Waals surface area contributed by atoms with Crippen molar-refractivity contribution in [1.82, 2.24) is 19.9 Å². The molecule has 2 aliphatic rings. The number of aromatic nitrogens is 4. The summed E-state index contributed by atoms with van der Waals surface area (Å²) in [5, 5.41) is 0. The number of hydrogen-bond acceptors (Lipinski definition) is 11. The third-order valence-electron chi connectivity index (χ3n) is 9.38. The quantitative estimate of drug-likeness (QED) is 0.0750. The Hall–Kier alpha value is -4.61. The number of carbonyl (C=O) groups excluding carboxylic acids is 1. The van der Waals surface area contributed by atoms with Gasteiger partial charge in [-0.1, -0.05) is 12.1 Å². The normalized spacial score (nSPS) is 13.1. The molecule has 0 radical (unpaired) electrons. The van der Waals surface area contributed by atoms with Crippen LogP contribution in [-0.2, 0) is 36.8 Å². The van der Waals surface area contributed by atoms with E-state index < -0.39 is 26.8 Å². The fourth-order valence-electron chi connectivity index (χ4n) is 6.63. The summed E-state index contributed by atoms with van der Waals surface area (Å²) in [6.45, 7) is 5.25. The lowest BCUT2D eigenvalue weighted by Crippen LogP contribution is -2.27. The summed E-state index contributed by atoms with van der Waals surface area (Å²) in [4.78, 5) is 29.4. The van der Waals surface area contributed by atoms with Gasteiger partial charge in [0.25, 0.3) is 0 Å². The zero-order valence-electron chi connectivity index (χ0n) is 32.7. The van der Waals surface area contributed by atoms with Crippen LogP contribution >= 0.6 is 15.2 Å². The van der Waals surface area contributed by atoms with Crippen LogP contribution in [-0.4, -0.2) is 78.9 Å². The minimum Gasteiger partial charge on any atom is -0.482 e. The minimum atomic E-state index is -3.37. The van der Waals surface area contributed by atoms with Crippen LogP contribution < -0.4 is 4.74 Å². The highest BCUT2D eigenvalue weighted by Crippen LogP contribution is 2.52. The second-order valence-corrected chi connectivity index (χ2v) is 19.1. The van der Waals surface area contributed by atoms with Crippen LogP contribution in [0.5, 0.6) is 5.75 Å². The Kier molecular flexibility index (Phi) is 12.6. The molecule has 8 bridgehead atoms. The zero-order chi connectivity index (χ0) is 40.1. The third-order valence-corrected chi connectivity index (χ3v) is 13.2. The van der Waals surface area contributed by atoms with Gasteiger partial charge in [0.15, 0.2) is 6.61 Å². The van der Waals surface area contributed by atoms with Crippen molar-refractivity contribution < 1.29 is 41.5 Å². The molecule has 0 saturated heterocycles. The van der Waals surface area contributed by atoms with Gasteiger partial charge >= 0.3 is 21.2 Å². The molecule has 0 spiro atoms. The Morgan fingerprint density at radius 1 is 0.696 bits per heavy atom. The molecule has 296 valence electrons. The van der Waals surface area contributed by atoms with Gasteiger partial charge in [0.2, 0.25) is 0 Å². The molecule has 13 nitrogen and oxygen atoms in total. The molecule has 1 aromatic carbocycles. The van der Waals surface area contributed by atoms with Crippen LogP contribution in [0.25, 0.3) is 57.5 Å². The van der Waals surface area contributed by atoms with E-state index in [1.54, 1.807) is 0 Å². The Balaban J connectivity index is 1.46. The van der Waals surface area contributed by atoms with Gasteiger partial charge in [-0.15, -0.1) is 0 Å². The summed E-state index contributed by atoms with van der Waals surface area (Å²) < 4.78 is 58.7. The predicted octanol–water partition coefficient (Wildman–Crippen LogP) is 9.88. The fraction of sp³-hybridized carbons (Fsp3) is 0.341. The number of carbonyl (C=O) groups is 1. The molecule has 0 amide bonds. The first-order chi connectivity index (χ1) is 26.7. The lowest BCUT2D eigenvalue weighted by molar-refractivity contribution is -0.157. The number of rotatable bonds is 15. The first kappa shape index (κ1) is 41.0. The highest BCUT2D eigenvalue weighted by Gasteiger charge is 2.30.